The molecule has 0 heterocycles. The average molecular weight is 267 g/mol. The van der Waals surface area contributed by atoms with E-state index in [4.69, 9.17) is 10.8 Å². The number of nitro benzene ring substituents is 1. The number of rotatable bonds is 5. The molecule has 0 saturated heterocycles. The van der Waals surface area contributed by atoms with Crippen LogP contribution in [0.4, 0.5) is 11.4 Å². The maximum absolute atomic E-state index is 12.0. The van der Waals surface area contributed by atoms with Crippen LogP contribution in [0, 0.1) is 10.1 Å². The highest BCUT2D eigenvalue weighted by Crippen LogP contribution is 2.22. The van der Waals surface area contributed by atoms with Crippen LogP contribution in [0.2, 0.25) is 0 Å². The average Bonchev–Trinajstić information content (AvgIpc) is 2.35. The summed E-state index contributed by atoms with van der Waals surface area (Å²) in [7, 11) is 1.58. The first kappa shape index (κ1) is 14.9. The summed E-state index contributed by atoms with van der Waals surface area (Å²) in [5.74, 6) is -0.344. The van der Waals surface area contributed by atoms with E-state index in [1.54, 1.807) is 14.0 Å². The molecule has 1 unspecified atom stereocenters. The molecule has 0 aliphatic carbocycles. The van der Waals surface area contributed by atoms with Gasteiger partial charge in [0.1, 0.15) is 5.69 Å². The Hall–Kier alpha value is -2.15. The zero-order chi connectivity index (χ0) is 14.6. The highest BCUT2D eigenvalue weighted by molar-refractivity contribution is 5.95. The number of nitrogens with two attached hydrogens (primary N) is 1. The third-order valence-electron chi connectivity index (χ3n) is 2.70. The summed E-state index contributed by atoms with van der Waals surface area (Å²) in [4.78, 5) is 23.6. The molecule has 1 aromatic rings. The minimum atomic E-state index is -0.623. The van der Waals surface area contributed by atoms with Gasteiger partial charge in [-0.25, -0.2) is 0 Å². The van der Waals surface area contributed by atoms with Gasteiger partial charge in [-0.15, -0.1) is 0 Å². The first-order valence-electron chi connectivity index (χ1n) is 5.80. The van der Waals surface area contributed by atoms with Gasteiger partial charge in [0, 0.05) is 25.2 Å². The fourth-order valence-electron chi connectivity index (χ4n) is 1.54. The van der Waals surface area contributed by atoms with Crippen LogP contribution in [0.1, 0.15) is 23.7 Å². The van der Waals surface area contributed by atoms with Crippen LogP contribution in [0.5, 0.6) is 0 Å². The van der Waals surface area contributed by atoms with Crippen molar-refractivity contribution in [3.05, 3.63) is 33.9 Å². The number of hydrogen-bond donors (Lipinski definition) is 2. The minimum absolute atomic E-state index is 0.0215. The highest BCUT2D eigenvalue weighted by atomic mass is 16.6. The number of hydrogen-bond acceptors (Lipinski definition) is 5. The zero-order valence-corrected chi connectivity index (χ0v) is 10.9. The summed E-state index contributed by atoms with van der Waals surface area (Å²) in [5, 5.41) is 19.9. The Labute approximate surface area is 110 Å². The van der Waals surface area contributed by atoms with E-state index in [2.05, 4.69) is 0 Å². The summed E-state index contributed by atoms with van der Waals surface area (Å²) in [5.41, 5.74) is 5.41. The molecule has 0 aliphatic rings. The number of carbonyl (C=O) groups is 1. The van der Waals surface area contributed by atoms with Crippen molar-refractivity contribution in [3.8, 4) is 0 Å². The quantitative estimate of drug-likeness (QED) is 0.470. The predicted molar refractivity (Wildman–Crippen MR) is 70.8 cm³/mol. The second kappa shape index (κ2) is 6.14. The van der Waals surface area contributed by atoms with Gasteiger partial charge in [-0.3, -0.25) is 14.9 Å². The van der Waals surface area contributed by atoms with Crippen LogP contribution in [0.3, 0.4) is 0 Å². The lowest BCUT2D eigenvalue weighted by Gasteiger charge is -2.18. The molecule has 0 aliphatic heterocycles. The Kier molecular flexibility index (Phi) is 4.82. The first-order valence-corrected chi connectivity index (χ1v) is 5.80. The van der Waals surface area contributed by atoms with Crippen molar-refractivity contribution in [1.29, 1.82) is 0 Å². The predicted octanol–water partition coefficient (Wildman–Crippen LogP) is 1.02. The number of nitro groups is 1. The van der Waals surface area contributed by atoms with E-state index in [0.29, 0.717) is 13.0 Å². The molecule has 0 radical (unpaired) electrons. The largest absolute Gasteiger partial charge is 0.393 e. The smallest absolute Gasteiger partial charge is 0.292 e. The molecule has 0 spiro atoms. The number of benzene rings is 1. The van der Waals surface area contributed by atoms with Crippen LogP contribution in [-0.2, 0) is 0 Å². The summed E-state index contributed by atoms with van der Waals surface area (Å²) < 4.78 is 0. The molecular weight excluding hydrogens is 250 g/mol. The van der Waals surface area contributed by atoms with Crippen LogP contribution < -0.4 is 5.73 Å². The Bertz CT molecular complexity index is 488. The third kappa shape index (κ3) is 3.92. The molecule has 1 rings (SSSR count). The van der Waals surface area contributed by atoms with Crippen molar-refractivity contribution in [2.24, 2.45) is 0 Å². The monoisotopic (exact) mass is 267 g/mol. The Balaban J connectivity index is 2.88. The SMILES string of the molecule is CC(O)CCN(C)C(=O)c1ccc(N)c([N+](=O)[O-])c1. The van der Waals surface area contributed by atoms with Gasteiger partial charge in [0.05, 0.1) is 11.0 Å². The Morgan fingerprint density at radius 3 is 2.74 bits per heavy atom. The van der Waals surface area contributed by atoms with Crippen LogP contribution in [0.25, 0.3) is 0 Å². The molecule has 1 aromatic carbocycles. The van der Waals surface area contributed by atoms with E-state index in [-0.39, 0.29) is 22.8 Å². The molecule has 7 heteroatoms. The maximum Gasteiger partial charge on any atom is 0.292 e. The normalized spacial score (nSPS) is 11.9. The van der Waals surface area contributed by atoms with Gasteiger partial charge in [0.15, 0.2) is 0 Å². The summed E-state index contributed by atoms with van der Waals surface area (Å²) in [6.45, 7) is 2.00. The van der Waals surface area contributed by atoms with E-state index in [0.717, 1.165) is 6.07 Å². The number of amides is 1. The number of nitrogen functional groups attached to an aromatic ring is 1. The number of anilines is 1. The molecule has 7 nitrogen and oxygen atoms in total. The van der Waals surface area contributed by atoms with Gasteiger partial charge >= 0.3 is 0 Å². The number of carbonyl (C=O) groups excluding carboxylic acids is 1. The zero-order valence-electron chi connectivity index (χ0n) is 10.9. The second-order valence-electron chi connectivity index (χ2n) is 4.40. The second-order valence-corrected chi connectivity index (χ2v) is 4.40. The molecule has 1 amide bonds. The van der Waals surface area contributed by atoms with E-state index in [9.17, 15) is 14.9 Å². The maximum atomic E-state index is 12.0. The standard InChI is InChI=1S/C12H17N3O4/c1-8(16)5-6-14(2)12(17)9-3-4-10(13)11(7-9)15(18)19/h3-4,7-8,16H,5-6,13H2,1-2H3. The fourth-order valence-corrected chi connectivity index (χ4v) is 1.54. The molecule has 19 heavy (non-hydrogen) atoms. The Morgan fingerprint density at radius 1 is 1.58 bits per heavy atom. The molecule has 1 atom stereocenters. The van der Waals surface area contributed by atoms with E-state index < -0.39 is 11.0 Å². The summed E-state index contributed by atoms with van der Waals surface area (Å²) >= 11 is 0. The lowest BCUT2D eigenvalue weighted by Crippen LogP contribution is -2.29. The molecule has 104 valence electrons. The fraction of sp³-hybridized carbons (Fsp3) is 0.417. The Morgan fingerprint density at radius 2 is 2.21 bits per heavy atom. The van der Waals surface area contributed by atoms with Crippen molar-refractivity contribution < 1.29 is 14.8 Å². The van der Waals surface area contributed by atoms with E-state index in [1.807, 2.05) is 0 Å². The lowest BCUT2D eigenvalue weighted by molar-refractivity contribution is -0.383. The molecular formula is C12H17N3O4. The van der Waals surface area contributed by atoms with Gasteiger partial charge in [0.2, 0.25) is 0 Å². The summed E-state index contributed by atoms with van der Waals surface area (Å²) in [6.07, 6.45) is -0.0599. The molecule has 0 aromatic heterocycles. The van der Waals surface area contributed by atoms with Crippen molar-refractivity contribution in [3.63, 3.8) is 0 Å². The summed E-state index contributed by atoms with van der Waals surface area (Å²) in [6, 6.07) is 3.95. The van der Waals surface area contributed by atoms with Gasteiger partial charge in [-0.1, -0.05) is 0 Å². The van der Waals surface area contributed by atoms with E-state index >= 15 is 0 Å². The van der Waals surface area contributed by atoms with Crippen LogP contribution >= 0.6 is 0 Å². The van der Waals surface area contributed by atoms with Crippen molar-refractivity contribution >= 4 is 17.3 Å². The van der Waals surface area contributed by atoms with Gasteiger partial charge in [-0.05, 0) is 25.5 Å². The minimum Gasteiger partial charge on any atom is -0.393 e. The van der Waals surface area contributed by atoms with Gasteiger partial charge in [-0.2, -0.15) is 0 Å². The number of aliphatic hydroxyl groups is 1. The van der Waals surface area contributed by atoms with Crippen LogP contribution in [-0.4, -0.2) is 40.5 Å². The number of nitrogens with zero attached hydrogens (tertiary/aromatic N) is 2. The van der Waals surface area contributed by atoms with Crippen molar-refractivity contribution in [2.45, 2.75) is 19.4 Å². The third-order valence-corrected chi connectivity index (χ3v) is 2.70. The number of aliphatic hydroxyl groups excluding tert-OH is 1. The van der Waals surface area contributed by atoms with E-state index in [1.165, 1.54) is 17.0 Å². The molecule has 0 fully saturated rings. The van der Waals surface area contributed by atoms with Gasteiger partial charge < -0.3 is 15.7 Å². The molecule has 0 saturated carbocycles. The van der Waals surface area contributed by atoms with Crippen molar-refractivity contribution in [1.82, 2.24) is 4.90 Å². The first-order chi connectivity index (χ1) is 8.82. The molecule has 0 bridgehead atoms. The topological polar surface area (TPSA) is 110 Å². The molecule has 3 N–H and O–H groups in total. The highest BCUT2D eigenvalue weighted by Gasteiger charge is 2.18. The lowest BCUT2D eigenvalue weighted by atomic mass is 10.1. The van der Waals surface area contributed by atoms with Crippen molar-refractivity contribution in [2.75, 3.05) is 19.3 Å². The van der Waals surface area contributed by atoms with Crippen LogP contribution in [0.15, 0.2) is 18.2 Å². The van der Waals surface area contributed by atoms with Gasteiger partial charge in [0.25, 0.3) is 11.6 Å².